The van der Waals surface area contributed by atoms with E-state index >= 15 is 0 Å². The maximum Gasteiger partial charge on any atom is 0.0148 e. The van der Waals surface area contributed by atoms with Crippen LogP contribution in [0.5, 0.6) is 0 Å². The summed E-state index contributed by atoms with van der Waals surface area (Å²) in [7, 11) is 2.26. The van der Waals surface area contributed by atoms with Gasteiger partial charge in [0.1, 0.15) is 0 Å². The molecule has 0 aliphatic rings. The van der Waals surface area contributed by atoms with Gasteiger partial charge in [-0.15, -0.1) is 0 Å². The maximum atomic E-state index is 2.51. The first-order valence-corrected chi connectivity index (χ1v) is 6.43. The maximum absolute atomic E-state index is 2.51. The van der Waals surface area contributed by atoms with Crippen molar-refractivity contribution in [3.8, 4) is 0 Å². The van der Waals surface area contributed by atoms with Crippen LogP contribution < -0.4 is 0 Å². The minimum absolute atomic E-state index is 0.398. The molecule has 1 nitrogen and oxygen atoms in total. The van der Waals surface area contributed by atoms with Gasteiger partial charge in [-0.2, -0.15) is 0 Å². The van der Waals surface area contributed by atoms with Crippen molar-refractivity contribution in [2.45, 2.75) is 60.9 Å². The van der Waals surface area contributed by atoms with E-state index in [9.17, 15) is 0 Å². The minimum atomic E-state index is 0.398. The Bertz CT molecular complexity index is 170. The third-order valence-electron chi connectivity index (χ3n) is 4.07. The summed E-state index contributed by atoms with van der Waals surface area (Å²) >= 11 is 0. The van der Waals surface area contributed by atoms with Crippen molar-refractivity contribution in [1.29, 1.82) is 0 Å². The highest BCUT2D eigenvalue weighted by atomic mass is 15.1. The largest absolute Gasteiger partial charge is 0.303 e. The van der Waals surface area contributed by atoms with Gasteiger partial charge in [0.15, 0.2) is 0 Å². The molecule has 15 heavy (non-hydrogen) atoms. The van der Waals surface area contributed by atoms with E-state index < -0.39 is 0 Å². The van der Waals surface area contributed by atoms with Crippen molar-refractivity contribution >= 4 is 0 Å². The fourth-order valence-electron chi connectivity index (χ4n) is 2.10. The van der Waals surface area contributed by atoms with E-state index in [0.717, 1.165) is 18.4 Å². The van der Waals surface area contributed by atoms with Crippen molar-refractivity contribution < 1.29 is 0 Å². The summed E-state index contributed by atoms with van der Waals surface area (Å²) in [6.45, 7) is 17.6. The van der Waals surface area contributed by atoms with Crippen LogP contribution in [-0.2, 0) is 0 Å². The molecule has 1 heteroatoms. The molecular weight excluding hydrogens is 182 g/mol. The van der Waals surface area contributed by atoms with E-state index in [1.807, 2.05) is 0 Å². The molecule has 0 aromatic carbocycles. The van der Waals surface area contributed by atoms with Gasteiger partial charge in [0.25, 0.3) is 0 Å². The van der Waals surface area contributed by atoms with Gasteiger partial charge >= 0.3 is 0 Å². The Morgan fingerprint density at radius 2 is 1.53 bits per heavy atom. The lowest BCUT2D eigenvalue weighted by Crippen LogP contribution is -2.46. The Morgan fingerprint density at radius 1 is 1.07 bits per heavy atom. The zero-order chi connectivity index (χ0) is 12.2. The number of hydrogen-bond acceptors (Lipinski definition) is 1. The third-order valence-corrected chi connectivity index (χ3v) is 4.07. The first-order valence-electron chi connectivity index (χ1n) is 6.43. The van der Waals surface area contributed by atoms with Gasteiger partial charge in [0, 0.05) is 6.04 Å². The van der Waals surface area contributed by atoms with Crippen molar-refractivity contribution in [2.24, 2.45) is 17.3 Å². The molecule has 0 amide bonds. The monoisotopic (exact) mass is 213 g/mol. The highest BCUT2D eigenvalue weighted by molar-refractivity contribution is 4.87. The summed E-state index contributed by atoms with van der Waals surface area (Å²) in [5, 5.41) is 0. The molecule has 0 N–H and O–H groups in total. The normalized spacial score (nSPS) is 15.4. The molecule has 0 fully saturated rings. The van der Waals surface area contributed by atoms with Gasteiger partial charge in [0.2, 0.25) is 0 Å². The molecule has 0 radical (unpaired) electrons. The zero-order valence-corrected chi connectivity index (χ0v) is 12.1. The topological polar surface area (TPSA) is 3.24 Å². The molecule has 1 unspecified atom stereocenters. The number of rotatable bonds is 6. The van der Waals surface area contributed by atoms with Crippen LogP contribution in [0.4, 0.5) is 0 Å². The van der Waals surface area contributed by atoms with Crippen LogP contribution in [0.25, 0.3) is 0 Å². The summed E-state index contributed by atoms with van der Waals surface area (Å²) < 4.78 is 0. The Kier molecular flexibility index (Phi) is 5.87. The Hall–Kier alpha value is -0.0400. The molecule has 92 valence electrons. The minimum Gasteiger partial charge on any atom is -0.303 e. The fraction of sp³-hybridized carbons (Fsp3) is 1.00. The highest BCUT2D eigenvalue weighted by Gasteiger charge is 2.34. The summed E-state index contributed by atoms with van der Waals surface area (Å²) in [6.07, 6.45) is 1.30. The van der Waals surface area contributed by atoms with E-state index in [-0.39, 0.29) is 0 Å². The van der Waals surface area contributed by atoms with E-state index in [0.29, 0.717) is 11.5 Å². The molecule has 1 atom stereocenters. The Balaban J connectivity index is 4.76. The lowest BCUT2D eigenvalue weighted by atomic mass is 9.71. The third kappa shape index (κ3) is 4.14. The zero-order valence-electron chi connectivity index (χ0n) is 12.1. The average molecular weight is 213 g/mol. The van der Waals surface area contributed by atoms with Crippen LogP contribution in [0, 0.1) is 17.3 Å². The van der Waals surface area contributed by atoms with Gasteiger partial charge in [-0.3, -0.25) is 0 Å². The molecule has 0 aliphatic carbocycles. The van der Waals surface area contributed by atoms with E-state index in [2.05, 4.69) is 60.4 Å². The van der Waals surface area contributed by atoms with Crippen LogP contribution in [-0.4, -0.2) is 24.5 Å². The second-order valence-electron chi connectivity index (χ2n) is 6.19. The van der Waals surface area contributed by atoms with Crippen LogP contribution in [0.3, 0.4) is 0 Å². The van der Waals surface area contributed by atoms with Crippen molar-refractivity contribution in [3.63, 3.8) is 0 Å². The molecule has 0 aliphatic heterocycles. The lowest BCUT2D eigenvalue weighted by Gasteiger charge is -2.44. The summed E-state index contributed by atoms with van der Waals surface area (Å²) in [5.41, 5.74) is 0.398. The molecule has 0 aromatic heterocycles. The van der Waals surface area contributed by atoms with Gasteiger partial charge in [-0.05, 0) is 37.3 Å². The first kappa shape index (κ1) is 15.0. The summed E-state index contributed by atoms with van der Waals surface area (Å²) in [6, 6.07) is 0.697. The van der Waals surface area contributed by atoms with Crippen molar-refractivity contribution in [3.05, 3.63) is 0 Å². The van der Waals surface area contributed by atoms with Crippen LogP contribution >= 0.6 is 0 Å². The molecular formula is C14H31N. The van der Waals surface area contributed by atoms with Gasteiger partial charge in [-0.1, -0.05) is 48.5 Å². The standard InChI is InChI=1S/C14H31N/c1-9-15(8)13(10-11(2)3)14(6,7)12(4)5/h11-13H,9-10H2,1-8H3. The molecule has 0 saturated heterocycles. The van der Waals surface area contributed by atoms with E-state index in [1.54, 1.807) is 0 Å². The van der Waals surface area contributed by atoms with Gasteiger partial charge in [0.05, 0.1) is 0 Å². The fourth-order valence-corrected chi connectivity index (χ4v) is 2.10. The molecule has 0 spiro atoms. The van der Waals surface area contributed by atoms with Crippen molar-refractivity contribution in [1.82, 2.24) is 4.90 Å². The van der Waals surface area contributed by atoms with Crippen molar-refractivity contribution in [2.75, 3.05) is 13.6 Å². The first-order chi connectivity index (χ1) is 6.73. The SMILES string of the molecule is CCN(C)C(CC(C)C)C(C)(C)C(C)C. The van der Waals surface area contributed by atoms with Crippen LogP contribution in [0.15, 0.2) is 0 Å². The quantitative estimate of drug-likeness (QED) is 0.644. The Labute approximate surface area is 97.2 Å². The average Bonchev–Trinajstić information content (AvgIpc) is 2.12. The van der Waals surface area contributed by atoms with E-state index in [1.165, 1.54) is 6.42 Å². The number of hydrogen-bond donors (Lipinski definition) is 0. The summed E-state index contributed by atoms with van der Waals surface area (Å²) in [4.78, 5) is 2.51. The predicted octanol–water partition coefficient (Wildman–Crippen LogP) is 4.04. The number of nitrogens with zero attached hydrogens (tertiary/aromatic N) is 1. The second kappa shape index (κ2) is 5.89. The van der Waals surface area contributed by atoms with Gasteiger partial charge in [-0.25, -0.2) is 0 Å². The van der Waals surface area contributed by atoms with Crippen LogP contribution in [0.1, 0.15) is 54.9 Å². The summed E-state index contributed by atoms with van der Waals surface area (Å²) in [5.74, 6) is 1.51. The van der Waals surface area contributed by atoms with Gasteiger partial charge < -0.3 is 4.90 Å². The molecule has 0 bridgehead atoms. The Morgan fingerprint density at radius 3 is 1.80 bits per heavy atom. The van der Waals surface area contributed by atoms with Crippen LogP contribution in [0.2, 0.25) is 0 Å². The lowest BCUT2D eigenvalue weighted by molar-refractivity contribution is 0.0587. The predicted molar refractivity (Wildman–Crippen MR) is 70.2 cm³/mol. The molecule has 0 aromatic rings. The molecule has 0 heterocycles. The smallest absolute Gasteiger partial charge is 0.0148 e. The molecule has 0 rings (SSSR count). The van der Waals surface area contributed by atoms with E-state index in [4.69, 9.17) is 0 Å². The highest BCUT2D eigenvalue weighted by Crippen LogP contribution is 2.36. The second-order valence-corrected chi connectivity index (χ2v) is 6.19. The molecule has 0 saturated carbocycles.